The van der Waals surface area contributed by atoms with Crippen molar-refractivity contribution in [2.75, 3.05) is 23.6 Å². The van der Waals surface area contributed by atoms with Crippen LogP contribution in [0.5, 0.6) is 0 Å². The molecule has 0 saturated carbocycles. The second-order valence-corrected chi connectivity index (χ2v) is 5.93. The van der Waals surface area contributed by atoms with Crippen LogP contribution >= 0.6 is 0 Å². The first-order valence-corrected chi connectivity index (χ1v) is 7.63. The number of benzene rings is 1. The molecule has 18 heavy (non-hydrogen) atoms. The SMILES string of the molecule is NCCCCS(=O)(=O)Nc1ccc(CCO)cc1. The maximum Gasteiger partial charge on any atom is 0.232 e. The minimum atomic E-state index is -3.29. The van der Waals surface area contributed by atoms with Gasteiger partial charge in [-0.3, -0.25) is 4.72 Å². The van der Waals surface area contributed by atoms with Crippen LogP contribution in [0.4, 0.5) is 5.69 Å². The molecule has 0 aliphatic rings. The molecule has 1 aromatic carbocycles. The normalized spacial score (nSPS) is 11.4. The molecule has 0 unspecified atom stereocenters. The van der Waals surface area contributed by atoms with Gasteiger partial charge in [0.25, 0.3) is 0 Å². The number of sulfonamides is 1. The van der Waals surface area contributed by atoms with E-state index in [9.17, 15) is 8.42 Å². The Labute approximate surface area is 108 Å². The molecule has 0 atom stereocenters. The number of aliphatic hydroxyl groups is 1. The van der Waals surface area contributed by atoms with Crippen LogP contribution in [0.15, 0.2) is 24.3 Å². The molecule has 1 aromatic rings. The Bertz CT molecular complexity index is 443. The summed E-state index contributed by atoms with van der Waals surface area (Å²) in [7, 11) is -3.29. The summed E-state index contributed by atoms with van der Waals surface area (Å²) in [6.07, 6.45) is 1.84. The minimum absolute atomic E-state index is 0.0859. The van der Waals surface area contributed by atoms with Crippen molar-refractivity contribution in [3.05, 3.63) is 29.8 Å². The van der Waals surface area contributed by atoms with Crippen molar-refractivity contribution in [1.82, 2.24) is 0 Å². The van der Waals surface area contributed by atoms with Crippen LogP contribution < -0.4 is 10.5 Å². The fraction of sp³-hybridized carbons (Fsp3) is 0.500. The van der Waals surface area contributed by atoms with Gasteiger partial charge in [-0.1, -0.05) is 12.1 Å². The average molecular weight is 272 g/mol. The average Bonchev–Trinajstić information content (AvgIpc) is 2.32. The van der Waals surface area contributed by atoms with Crippen molar-refractivity contribution >= 4 is 15.7 Å². The third-order valence-corrected chi connectivity index (χ3v) is 3.87. The van der Waals surface area contributed by atoms with Gasteiger partial charge in [-0.15, -0.1) is 0 Å². The second-order valence-electron chi connectivity index (χ2n) is 4.09. The van der Waals surface area contributed by atoms with E-state index < -0.39 is 10.0 Å². The number of nitrogens with two attached hydrogens (primary N) is 1. The first-order chi connectivity index (χ1) is 8.57. The standard InChI is InChI=1S/C12H20N2O3S/c13-8-1-2-10-18(16,17)14-12-5-3-11(4-6-12)7-9-15/h3-6,14-15H,1-2,7-10,13H2. The molecule has 0 heterocycles. The summed E-state index contributed by atoms with van der Waals surface area (Å²) in [4.78, 5) is 0. The largest absolute Gasteiger partial charge is 0.396 e. The molecule has 0 bridgehead atoms. The van der Waals surface area contributed by atoms with Crippen LogP contribution in [-0.4, -0.2) is 32.4 Å². The number of aliphatic hydroxyl groups excluding tert-OH is 1. The number of rotatable bonds is 8. The van der Waals surface area contributed by atoms with Gasteiger partial charge >= 0.3 is 0 Å². The van der Waals surface area contributed by atoms with Crippen LogP contribution in [0.2, 0.25) is 0 Å². The van der Waals surface area contributed by atoms with E-state index in [-0.39, 0.29) is 12.4 Å². The highest BCUT2D eigenvalue weighted by Gasteiger charge is 2.09. The molecular formula is C12H20N2O3S. The minimum Gasteiger partial charge on any atom is -0.396 e. The fourth-order valence-corrected chi connectivity index (χ4v) is 2.72. The van der Waals surface area contributed by atoms with E-state index in [2.05, 4.69) is 4.72 Å². The predicted molar refractivity (Wildman–Crippen MR) is 72.9 cm³/mol. The lowest BCUT2D eigenvalue weighted by Gasteiger charge is -2.08. The molecule has 5 nitrogen and oxygen atoms in total. The molecular weight excluding hydrogens is 252 g/mol. The molecule has 4 N–H and O–H groups in total. The second kappa shape index (κ2) is 7.35. The molecule has 0 saturated heterocycles. The first-order valence-electron chi connectivity index (χ1n) is 5.98. The zero-order chi connectivity index (χ0) is 13.4. The van der Waals surface area contributed by atoms with Crippen molar-refractivity contribution in [1.29, 1.82) is 0 Å². The summed E-state index contributed by atoms with van der Waals surface area (Å²) in [5, 5.41) is 8.77. The first kappa shape index (κ1) is 14.9. The number of unbranched alkanes of at least 4 members (excludes halogenated alkanes) is 1. The molecule has 0 spiro atoms. The number of anilines is 1. The Hall–Kier alpha value is -1.11. The van der Waals surface area contributed by atoms with Gasteiger partial charge in [-0.05, 0) is 43.5 Å². The molecule has 0 aliphatic heterocycles. The summed E-state index contributed by atoms with van der Waals surface area (Å²) < 4.78 is 25.9. The highest BCUT2D eigenvalue weighted by molar-refractivity contribution is 7.92. The van der Waals surface area contributed by atoms with Crippen molar-refractivity contribution < 1.29 is 13.5 Å². The van der Waals surface area contributed by atoms with Gasteiger partial charge in [0, 0.05) is 12.3 Å². The third-order valence-electron chi connectivity index (χ3n) is 2.49. The van der Waals surface area contributed by atoms with E-state index in [0.29, 0.717) is 31.5 Å². The third kappa shape index (κ3) is 5.48. The zero-order valence-electron chi connectivity index (χ0n) is 10.3. The number of hydrogen-bond acceptors (Lipinski definition) is 4. The van der Waals surface area contributed by atoms with Gasteiger partial charge in [0.05, 0.1) is 5.75 Å². The Kier molecular flexibility index (Phi) is 6.11. The van der Waals surface area contributed by atoms with E-state index in [0.717, 1.165) is 5.56 Å². The highest BCUT2D eigenvalue weighted by Crippen LogP contribution is 2.12. The van der Waals surface area contributed by atoms with Gasteiger partial charge < -0.3 is 10.8 Å². The maximum absolute atomic E-state index is 11.7. The van der Waals surface area contributed by atoms with Crippen LogP contribution in [-0.2, 0) is 16.4 Å². The van der Waals surface area contributed by atoms with E-state index in [4.69, 9.17) is 10.8 Å². The summed E-state index contributed by atoms with van der Waals surface area (Å²) >= 11 is 0. The predicted octanol–water partition coefficient (Wildman–Crippen LogP) is 0.702. The van der Waals surface area contributed by atoms with Crippen molar-refractivity contribution in [3.8, 4) is 0 Å². The van der Waals surface area contributed by atoms with E-state index in [1.54, 1.807) is 24.3 Å². The maximum atomic E-state index is 11.7. The summed E-state index contributed by atoms with van der Waals surface area (Å²) in [6, 6.07) is 7.00. The van der Waals surface area contributed by atoms with Gasteiger partial charge in [0.2, 0.25) is 10.0 Å². The highest BCUT2D eigenvalue weighted by atomic mass is 32.2. The molecule has 102 valence electrons. The topological polar surface area (TPSA) is 92.4 Å². The Morgan fingerprint density at radius 1 is 1.17 bits per heavy atom. The van der Waals surface area contributed by atoms with Crippen LogP contribution in [0.25, 0.3) is 0 Å². The Morgan fingerprint density at radius 3 is 2.39 bits per heavy atom. The van der Waals surface area contributed by atoms with Gasteiger partial charge in [-0.25, -0.2) is 8.42 Å². The monoisotopic (exact) mass is 272 g/mol. The summed E-state index contributed by atoms with van der Waals surface area (Å²) in [5.74, 6) is 0.0859. The molecule has 1 rings (SSSR count). The van der Waals surface area contributed by atoms with Gasteiger partial charge in [-0.2, -0.15) is 0 Å². The number of hydrogen-bond donors (Lipinski definition) is 3. The van der Waals surface area contributed by atoms with Crippen molar-refractivity contribution in [2.24, 2.45) is 5.73 Å². The zero-order valence-corrected chi connectivity index (χ0v) is 11.1. The van der Waals surface area contributed by atoms with E-state index >= 15 is 0 Å². The fourth-order valence-electron chi connectivity index (χ4n) is 1.54. The van der Waals surface area contributed by atoms with Crippen LogP contribution in [0, 0.1) is 0 Å². The Balaban J connectivity index is 2.55. The van der Waals surface area contributed by atoms with E-state index in [1.165, 1.54) is 0 Å². The van der Waals surface area contributed by atoms with Crippen molar-refractivity contribution in [2.45, 2.75) is 19.3 Å². The lowest BCUT2D eigenvalue weighted by Crippen LogP contribution is -2.17. The Morgan fingerprint density at radius 2 is 1.83 bits per heavy atom. The summed E-state index contributed by atoms with van der Waals surface area (Å²) in [5.41, 5.74) is 6.84. The molecule has 0 radical (unpaired) electrons. The molecule has 0 aliphatic carbocycles. The van der Waals surface area contributed by atoms with Crippen molar-refractivity contribution in [3.63, 3.8) is 0 Å². The van der Waals surface area contributed by atoms with Gasteiger partial charge in [0.1, 0.15) is 0 Å². The molecule has 0 fully saturated rings. The lowest BCUT2D eigenvalue weighted by molar-refractivity contribution is 0.299. The van der Waals surface area contributed by atoms with Crippen LogP contribution in [0.3, 0.4) is 0 Å². The quantitative estimate of drug-likeness (QED) is 0.607. The van der Waals surface area contributed by atoms with Gasteiger partial charge in [0.15, 0.2) is 0 Å². The van der Waals surface area contributed by atoms with Crippen LogP contribution in [0.1, 0.15) is 18.4 Å². The molecule has 6 heteroatoms. The molecule has 0 amide bonds. The molecule has 0 aromatic heterocycles. The smallest absolute Gasteiger partial charge is 0.232 e. The number of nitrogens with one attached hydrogen (secondary N) is 1. The summed E-state index contributed by atoms with van der Waals surface area (Å²) in [6.45, 7) is 0.593. The van der Waals surface area contributed by atoms with E-state index in [1.807, 2.05) is 0 Å². The lowest BCUT2D eigenvalue weighted by atomic mass is 10.1.